The Labute approximate surface area is 215 Å². The Morgan fingerprint density at radius 1 is 0.971 bits per heavy atom. The van der Waals surface area contributed by atoms with E-state index in [-0.39, 0.29) is 12.2 Å². The van der Waals surface area contributed by atoms with Gasteiger partial charge in [-0.1, -0.05) is 34.9 Å². The predicted molar refractivity (Wildman–Crippen MR) is 143 cm³/mol. The molecule has 1 amide bonds. The molecule has 3 N–H and O–H groups in total. The number of amides is 1. The summed E-state index contributed by atoms with van der Waals surface area (Å²) < 4.78 is 5.18. The third-order valence-corrected chi connectivity index (χ3v) is 5.97. The third kappa shape index (κ3) is 17.9. The molecular weight excluding hydrogens is 466 g/mol. The highest BCUT2D eigenvalue weighted by molar-refractivity contribution is 7.99. The molecule has 0 saturated carbocycles. The standard InChI is InChI=1S/C27H45NO6S/c1-19(2)10-8-11-20(3)12-9-13-21(4)14-15-35-18-23(26(32)33)28-25(31)22(17-29)16-24(30)34-27(5,6)7/h10,12,14,22-23,29H,8-9,11,13,15-18H2,1-7H3,(H,28,31)(H,32,33)/b20-12+,21-14+/t22-,23-/m0/s1. The average Bonchev–Trinajstić information content (AvgIpc) is 2.72. The van der Waals surface area contributed by atoms with Crippen LogP contribution in [0, 0.1) is 5.92 Å². The Kier molecular flexibility index (Phi) is 16.4. The van der Waals surface area contributed by atoms with Gasteiger partial charge < -0.3 is 20.3 Å². The molecule has 0 aliphatic heterocycles. The maximum Gasteiger partial charge on any atom is 0.327 e. The number of hydrogen-bond donors (Lipinski definition) is 3. The van der Waals surface area contributed by atoms with Crippen molar-refractivity contribution in [3.63, 3.8) is 0 Å². The number of esters is 1. The van der Waals surface area contributed by atoms with Crippen molar-refractivity contribution in [1.82, 2.24) is 5.32 Å². The van der Waals surface area contributed by atoms with Crippen LogP contribution in [0.1, 0.15) is 80.6 Å². The smallest absolute Gasteiger partial charge is 0.327 e. The van der Waals surface area contributed by atoms with Crippen molar-refractivity contribution >= 4 is 29.6 Å². The SMILES string of the molecule is CC(C)=CCC/C(C)=C/CC/C(C)=C/CSC[C@H](NC(=O)[C@H](CO)CC(=O)OC(C)(C)C)C(=O)O. The normalized spacial score (nSPS) is 14.2. The van der Waals surface area contributed by atoms with Crippen molar-refractivity contribution in [3.05, 3.63) is 34.9 Å². The lowest BCUT2D eigenvalue weighted by Crippen LogP contribution is -2.46. The summed E-state index contributed by atoms with van der Waals surface area (Å²) in [4.78, 5) is 36.0. The highest BCUT2D eigenvalue weighted by Gasteiger charge is 2.28. The van der Waals surface area contributed by atoms with Crippen molar-refractivity contribution in [2.45, 2.75) is 92.2 Å². The zero-order chi connectivity index (χ0) is 27.0. The summed E-state index contributed by atoms with van der Waals surface area (Å²) in [5.74, 6) is -2.70. The van der Waals surface area contributed by atoms with Gasteiger partial charge in [0.15, 0.2) is 0 Å². The molecule has 0 saturated heterocycles. The molecule has 35 heavy (non-hydrogen) atoms. The highest BCUT2D eigenvalue weighted by atomic mass is 32.2. The van der Waals surface area contributed by atoms with Gasteiger partial charge in [0.05, 0.1) is 18.9 Å². The zero-order valence-electron chi connectivity index (χ0n) is 22.5. The number of carboxylic acids is 1. The van der Waals surface area contributed by atoms with Gasteiger partial charge in [0.2, 0.25) is 5.91 Å². The highest BCUT2D eigenvalue weighted by Crippen LogP contribution is 2.15. The summed E-state index contributed by atoms with van der Waals surface area (Å²) in [6, 6.07) is -1.11. The number of carboxylic acid groups (broad SMARTS) is 1. The fourth-order valence-electron chi connectivity index (χ4n) is 3.01. The van der Waals surface area contributed by atoms with Crippen LogP contribution in [-0.2, 0) is 19.1 Å². The number of carbonyl (C=O) groups excluding carboxylic acids is 2. The Bertz CT molecular complexity index is 775. The second-order valence-corrected chi connectivity index (χ2v) is 11.1. The molecule has 0 rings (SSSR count). The van der Waals surface area contributed by atoms with Gasteiger partial charge >= 0.3 is 11.9 Å². The summed E-state index contributed by atoms with van der Waals surface area (Å²) in [5.41, 5.74) is 3.25. The van der Waals surface area contributed by atoms with E-state index < -0.39 is 42.0 Å². The van der Waals surface area contributed by atoms with E-state index in [9.17, 15) is 24.6 Å². The average molecular weight is 512 g/mol. The number of hydrogen-bond acceptors (Lipinski definition) is 6. The molecule has 0 bridgehead atoms. The molecule has 0 aromatic rings. The van der Waals surface area contributed by atoms with Gasteiger partial charge in [0.25, 0.3) is 0 Å². The molecule has 0 aliphatic rings. The molecule has 0 aromatic heterocycles. The molecule has 0 fully saturated rings. The van der Waals surface area contributed by atoms with E-state index >= 15 is 0 Å². The lowest BCUT2D eigenvalue weighted by Gasteiger charge is -2.22. The quantitative estimate of drug-likeness (QED) is 0.151. The number of aliphatic carboxylic acids is 1. The van der Waals surface area contributed by atoms with E-state index in [1.54, 1.807) is 20.8 Å². The van der Waals surface area contributed by atoms with Gasteiger partial charge in [0.1, 0.15) is 11.6 Å². The fraction of sp³-hybridized carbons (Fsp3) is 0.667. The summed E-state index contributed by atoms with van der Waals surface area (Å²) in [6.45, 7) is 13.0. The van der Waals surface area contributed by atoms with E-state index in [0.29, 0.717) is 5.75 Å². The Hall–Kier alpha value is -2.06. The minimum absolute atomic E-state index is 0.179. The molecule has 0 aromatic carbocycles. The second-order valence-electron chi connectivity index (χ2n) is 10.1. The largest absolute Gasteiger partial charge is 0.480 e. The number of ether oxygens (including phenoxy) is 1. The minimum Gasteiger partial charge on any atom is -0.480 e. The predicted octanol–water partition coefficient (Wildman–Crippen LogP) is 5.05. The first kappa shape index (κ1) is 32.9. The third-order valence-electron chi connectivity index (χ3n) is 5.00. The number of aliphatic hydroxyl groups excluding tert-OH is 1. The Morgan fingerprint density at radius 3 is 2.06 bits per heavy atom. The van der Waals surface area contributed by atoms with Gasteiger partial charge in [-0.25, -0.2) is 4.79 Å². The molecule has 0 aliphatic carbocycles. The van der Waals surface area contributed by atoms with Crippen molar-refractivity contribution < 1.29 is 29.3 Å². The van der Waals surface area contributed by atoms with Crippen molar-refractivity contribution in [1.29, 1.82) is 0 Å². The first-order valence-corrected chi connectivity index (χ1v) is 13.3. The van der Waals surface area contributed by atoms with Crippen LogP contribution in [0.2, 0.25) is 0 Å². The zero-order valence-corrected chi connectivity index (χ0v) is 23.3. The van der Waals surface area contributed by atoms with E-state index in [0.717, 1.165) is 25.7 Å². The number of rotatable bonds is 16. The van der Waals surface area contributed by atoms with Crippen LogP contribution < -0.4 is 5.32 Å². The number of nitrogens with one attached hydrogen (secondary N) is 1. The van der Waals surface area contributed by atoms with Crippen molar-refractivity contribution in [2.24, 2.45) is 5.92 Å². The molecular formula is C27H45NO6S. The van der Waals surface area contributed by atoms with Crippen LogP contribution in [0.4, 0.5) is 0 Å². The molecule has 8 heteroatoms. The minimum atomic E-state index is -1.16. The molecule has 2 atom stereocenters. The maximum absolute atomic E-state index is 12.4. The van der Waals surface area contributed by atoms with Gasteiger partial charge in [-0.2, -0.15) is 11.8 Å². The Balaban J connectivity index is 4.56. The van der Waals surface area contributed by atoms with Gasteiger partial charge in [-0.3, -0.25) is 9.59 Å². The maximum atomic E-state index is 12.4. The van der Waals surface area contributed by atoms with Gasteiger partial charge in [-0.05, 0) is 74.1 Å². The lowest BCUT2D eigenvalue weighted by molar-refractivity contribution is -0.158. The lowest BCUT2D eigenvalue weighted by atomic mass is 10.0. The van der Waals surface area contributed by atoms with Crippen LogP contribution in [-0.4, -0.2) is 57.8 Å². The van der Waals surface area contributed by atoms with Crippen molar-refractivity contribution in [2.75, 3.05) is 18.1 Å². The molecule has 200 valence electrons. The van der Waals surface area contributed by atoms with Gasteiger partial charge in [0, 0.05) is 11.5 Å². The molecule has 7 nitrogen and oxygen atoms in total. The number of allylic oxidation sites excluding steroid dienone is 5. The molecule has 0 radical (unpaired) electrons. The first-order valence-electron chi connectivity index (χ1n) is 12.1. The van der Waals surface area contributed by atoms with Crippen LogP contribution in [0.5, 0.6) is 0 Å². The van der Waals surface area contributed by atoms with E-state index in [2.05, 4.69) is 51.2 Å². The van der Waals surface area contributed by atoms with Crippen molar-refractivity contribution in [3.8, 4) is 0 Å². The molecule has 0 unspecified atom stereocenters. The topological polar surface area (TPSA) is 113 Å². The van der Waals surface area contributed by atoms with E-state index in [4.69, 9.17) is 4.74 Å². The monoisotopic (exact) mass is 511 g/mol. The Morgan fingerprint density at radius 2 is 1.54 bits per heavy atom. The molecule has 0 heterocycles. The number of aliphatic hydroxyl groups is 1. The second kappa shape index (κ2) is 17.4. The van der Waals surface area contributed by atoms with E-state index in [1.807, 2.05) is 0 Å². The first-order chi connectivity index (χ1) is 16.2. The van der Waals surface area contributed by atoms with Gasteiger partial charge in [-0.15, -0.1) is 0 Å². The summed E-state index contributed by atoms with van der Waals surface area (Å²) in [6.07, 6.45) is 10.3. The summed E-state index contributed by atoms with van der Waals surface area (Å²) in [5, 5.41) is 21.4. The molecule has 0 spiro atoms. The number of carbonyl (C=O) groups is 3. The van der Waals surface area contributed by atoms with Crippen LogP contribution in [0.15, 0.2) is 34.9 Å². The van der Waals surface area contributed by atoms with Crippen LogP contribution in [0.25, 0.3) is 0 Å². The number of thioether (sulfide) groups is 1. The summed E-state index contributed by atoms with van der Waals surface area (Å²) >= 11 is 1.41. The van der Waals surface area contributed by atoms with E-state index in [1.165, 1.54) is 28.5 Å². The van der Waals surface area contributed by atoms with Crippen LogP contribution >= 0.6 is 11.8 Å². The van der Waals surface area contributed by atoms with Crippen LogP contribution in [0.3, 0.4) is 0 Å². The fourth-order valence-corrected chi connectivity index (χ4v) is 4.01. The summed E-state index contributed by atoms with van der Waals surface area (Å²) in [7, 11) is 0.